The third-order valence-corrected chi connectivity index (χ3v) is 2.36. The van der Waals surface area contributed by atoms with Gasteiger partial charge in [0, 0.05) is 5.56 Å². The van der Waals surface area contributed by atoms with E-state index < -0.39 is 17.9 Å². The molecule has 1 N–H and O–H groups in total. The lowest BCUT2D eigenvalue weighted by Crippen LogP contribution is -2.31. The van der Waals surface area contributed by atoms with E-state index in [1.807, 2.05) is 13.8 Å². The van der Waals surface area contributed by atoms with Crippen LogP contribution in [0.25, 0.3) is 0 Å². The second-order valence-corrected chi connectivity index (χ2v) is 4.01. The zero-order valence-corrected chi connectivity index (χ0v) is 12.1. The molecule has 0 fully saturated rings. The van der Waals surface area contributed by atoms with Crippen molar-refractivity contribution in [3.05, 3.63) is 28.8 Å². The van der Waals surface area contributed by atoms with Crippen molar-refractivity contribution in [2.75, 3.05) is 5.32 Å². The average Bonchev–Trinajstić information content (AvgIpc) is 2.33. The third kappa shape index (κ3) is 4.68. The van der Waals surface area contributed by atoms with Crippen LogP contribution >= 0.6 is 0 Å². The summed E-state index contributed by atoms with van der Waals surface area (Å²) in [5.74, 6) is -2.49. The van der Waals surface area contributed by atoms with E-state index in [0.29, 0.717) is 5.56 Å². The molecule has 1 aromatic carbocycles. The van der Waals surface area contributed by atoms with Crippen LogP contribution in [-0.2, 0) is 4.79 Å². The Hall–Kier alpha value is -1.85. The quantitative estimate of drug-likeness (QED) is 0.835. The van der Waals surface area contributed by atoms with Crippen molar-refractivity contribution in [3.8, 4) is 0 Å². The van der Waals surface area contributed by atoms with Gasteiger partial charge in [0.05, 0.1) is 5.69 Å². The lowest BCUT2D eigenvalue weighted by Gasteiger charge is -2.14. The van der Waals surface area contributed by atoms with Gasteiger partial charge in [-0.15, -0.1) is 0 Å². The molecule has 0 saturated carbocycles. The molecule has 0 radical (unpaired) electrons. The number of Topliss-reactive ketones (excluding diaryl/α,β-unsaturated/α-hetero) is 1. The van der Waals surface area contributed by atoms with Crippen molar-refractivity contribution < 1.29 is 22.8 Å². The Morgan fingerprint density at radius 1 is 1.10 bits per heavy atom. The number of rotatable bonds is 2. The van der Waals surface area contributed by atoms with Crippen molar-refractivity contribution in [1.82, 2.24) is 0 Å². The van der Waals surface area contributed by atoms with E-state index in [4.69, 9.17) is 0 Å². The topological polar surface area (TPSA) is 46.2 Å². The lowest BCUT2D eigenvalue weighted by molar-refractivity contribution is -0.167. The fourth-order valence-corrected chi connectivity index (χ4v) is 1.60. The predicted octanol–water partition coefficient (Wildman–Crippen LogP) is 4.03. The van der Waals surface area contributed by atoms with Gasteiger partial charge in [0.1, 0.15) is 0 Å². The molecule has 0 heterocycles. The maximum atomic E-state index is 12.2. The van der Waals surface area contributed by atoms with Gasteiger partial charge in [0.15, 0.2) is 5.78 Å². The van der Waals surface area contributed by atoms with Gasteiger partial charge in [-0.25, -0.2) is 0 Å². The summed E-state index contributed by atoms with van der Waals surface area (Å²) < 4.78 is 36.5. The number of ketones is 1. The van der Waals surface area contributed by atoms with E-state index in [9.17, 15) is 22.8 Å². The molecule has 0 unspecified atom stereocenters. The maximum Gasteiger partial charge on any atom is 0.471 e. The highest BCUT2D eigenvalue weighted by Gasteiger charge is 2.39. The molecule has 6 heteroatoms. The average molecular weight is 289 g/mol. The normalized spacial score (nSPS) is 10.4. The summed E-state index contributed by atoms with van der Waals surface area (Å²) >= 11 is 0. The molecule has 0 aliphatic carbocycles. The standard InChI is InChI=1S/C12H12F3NO2.C2H6/c1-6-4-7(2)10(9(5-6)8(3)17)16-11(18)12(13,14)15;1-2/h4-5H,1-3H3,(H,16,18);1-2H3. The lowest BCUT2D eigenvalue weighted by atomic mass is 10.0. The van der Waals surface area contributed by atoms with Gasteiger partial charge in [-0.2, -0.15) is 13.2 Å². The van der Waals surface area contributed by atoms with Gasteiger partial charge >= 0.3 is 12.1 Å². The highest BCUT2D eigenvalue weighted by atomic mass is 19.4. The Morgan fingerprint density at radius 2 is 1.60 bits per heavy atom. The zero-order valence-electron chi connectivity index (χ0n) is 12.1. The number of carbonyl (C=O) groups excluding carboxylic acids is 2. The molecule has 0 aliphatic heterocycles. The summed E-state index contributed by atoms with van der Waals surface area (Å²) in [6.07, 6.45) is -4.98. The number of alkyl halides is 3. The second kappa shape index (κ2) is 7.07. The number of anilines is 1. The van der Waals surface area contributed by atoms with Gasteiger partial charge in [-0.05, 0) is 38.0 Å². The van der Waals surface area contributed by atoms with Crippen molar-refractivity contribution in [2.45, 2.75) is 40.8 Å². The van der Waals surface area contributed by atoms with Crippen LogP contribution in [0.5, 0.6) is 0 Å². The monoisotopic (exact) mass is 289 g/mol. The molecule has 20 heavy (non-hydrogen) atoms. The Labute approximate surface area is 116 Å². The number of halogens is 3. The number of aryl methyl sites for hydroxylation is 2. The predicted molar refractivity (Wildman–Crippen MR) is 72.0 cm³/mol. The highest BCUT2D eigenvalue weighted by Crippen LogP contribution is 2.26. The summed E-state index contributed by atoms with van der Waals surface area (Å²) in [5, 5.41) is 1.74. The number of hydrogen-bond donors (Lipinski definition) is 1. The van der Waals surface area contributed by atoms with Crippen molar-refractivity contribution in [2.24, 2.45) is 0 Å². The van der Waals surface area contributed by atoms with Crippen LogP contribution in [0.2, 0.25) is 0 Å². The van der Waals surface area contributed by atoms with E-state index in [1.54, 1.807) is 18.3 Å². The van der Waals surface area contributed by atoms with E-state index in [0.717, 1.165) is 5.56 Å². The number of carbonyl (C=O) groups is 2. The summed E-state index contributed by atoms with van der Waals surface area (Å²) in [4.78, 5) is 22.3. The molecule has 3 nitrogen and oxygen atoms in total. The van der Waals surface area contributed by atoms with Crippen molar-refractivity contribution in [3.63, 3.8) is 0 Å². The summed E-state index contributed by atoms with van der Waals surface area (Å²) in [7, 11) is 0. The van der Waals surface area contributed by atoms with Crippen LogP contribution in [0, 0.1) is 13.8 Å². The molecule has 112 valence electrons. The zero-order chi connectivity index (χ0) is 16.1. The minimum atomic E-state index is -4.98. The molecule has 1 amide bonds. The van der Waals surface area contributed by atoms with Crippen LogP contribution in [-0.4, -0.2) is 17.9 Å². The molecule has 0 atom stereocenters. The van der Waals surface area contributed by atoms with E-state index >= 15 is 0 Å². The van der Waals surface area contributed by atoms with Crippen LogP contribution in [0.4, 0.5) is 18.9 Å². The van der Waals surface area contributed by atoms with Crippen LogP contribution < -0.4 is 5.32 Å². The fraction of sp³-hybridized carbons (Fsp3) is 0.429. The number of nitrogens with one attached hydrogen (secondary N) is 1. The number of benzene rings is 1. The Kier molecular flexibility index (Phi) is 6.42. The minimum absolute atomic E-state index is 0.0742. The molecular weight excluding hydrogens is 271 g/mol. The smallest absolute Gasteiger partial charge is 0.317 e. The molecule has 0 saturated heterocycles. The van der Waals surface area contributed by atoms with E-state index in [2.05, 4.69) is 0 Å². The number of amides is 1. The van der Waals surface area contributed by atoms with Gasteiger partial charge in [-0.3, -0.25) is 9.59 Å². The van der Waals surface area contributed by atoms with Crippen LogP contribution in [0.3, 0.4) is 0 Å². The summed E-state index contributed by atoms with van der Waals surface area (Å²) in [6.45, 7) is 8.48. The van der Waals surface area contributed by atoms with Gasteiger partial charge in [0.25, 0.3) is 0 Å². The Balaban J connectivity index is 0.00000172. The van der Waals surface area contributed by atoms with Crippen LogP contribution in [0.15, 0.2) is 12.1 Å². The van der Waals surface area contributed by atoms with E-state index in [-0.39, 0.29) is 11.3 Å². The van der Waals surface area contributed by atoms with Crippen LogP contribution in [0.1, 0.15) is 42.3 Å². The molecule has 0 spiro atoms. The summed E-state index contributed by atoms with van der Waals surface area (Å²) in [6, 6.07) is 3.04. The fourth-order valence-electron chi connectivity index (χ4n) is 1.60. The molecule has 0 bridgehead atoms. The second-order valence-electron chi connectivity index (χ2n) is 4.01. The maximum absolute atomic E-state index is 12.2. The molecule has 1 rings (SSSR count). The highest BCUT2D eigenvalue weighted by molar-refractivity contribution is 6.05. The largest absolute Gasteiger partial charge is 0.471 e. The third-order valence-electron chi connectivity index (χ3n) is 2.36. The Bertz CT molecular complexity index is 508. The number of hydrogen-bond acceptors (Lipinski definition) is 2. The summed E-state index contributed by atoms with van der Waals surface area (Å²) in [5.41, 5.74) is 1.14. The molecule has 1 aromatic rings. The van der Waals surface area contributed by atoms with Crippen molar-refractivity contribution in [1.29, 1.82) is 0 Å². The SMILES string of the molecule is CC.CC(=O)c1cc(C)cc(C)c1NC(=O)C(F)(F)F. The first-order chi connectivity index (χ1) is 9.12. The van der Waals surface area contributed by atoms with Gasteiger partial charge in [-0.1, -0.05) is 19.9 Å². The molecule has 0 aliphatic rings. The first-order valence-corrected chi connectivity index (χ1v) is 6.13. The van der Waals surface area contributed by atoms with Gasteiger partial charge < -0.3 is 5.32 Å². The van der Waals surface area contributed by atoms with E-state index in [1.165, 1.54) is 19.9 Å². The first kappa shape index (κ1) is 18.1. The molecule has 0 aromatic heterocycles. The first-order valence-electron chi connectivity index (χ1n) is 6.13. The Morgan fingerprint density at radius 3 is 2.00 bits per heavy atom. The molecular formula is C14H18F3NO2. The van der Waals surface area contributed by atoms with Crippen molar-refractivity contribution >= 4 is 17.4 Å². The minimum Gasteiger partial charge on any atom is -0.317 e. The van der Waals surface area contributed by atoms with Gasteiger partial charge in [0.2, 0.25) is 0 Å².